The van der Waals surface area contributed by atoms with E-state index in [1.54, 1.807) is 12.3 Å². The Morgan fingerprint density at radius 2 is 1.56 bits per heavy atom. The molecule has 0 saturated carbocycles. The number of halogens is 1. The van der Waals surface area contributed by atoms with E-state index >= 15 is 0 Å². The molecule has 0 radical (unpaired) electrons. The van der Waals surface area contributed by atoms with Gasteiger partial charge in [-0.15, -0.1) is 0 Å². The zero-order valence-corrected chi connectivity index (χ0v) is 14.7. The van der Waals surface area contributed by atoms with Crippen LogP contribution in [0.3, 0.4) is 0 Å². The van der Waals surface area contributed by atoms with Gasteiger partial charge in [0, 0.05) is 23.8 Å². The van der Waals surface area contributed by atoms with Gasteiger partial charge in [-0.2, -0.15) is 0 Å². The van der Waals surface area contributed by atoms with Crippen LogP contribution in [0.1, 0.15) is 78.8 Å². The number of hydrogen-bond donors (Lipinski definition) is 1. The predicted octanol–water partition coefficient (Wildman–Crippen LogP) is 5.25. The van der Waals surface area contributed by atoms with Gasteiger partial charge in [-0.05, 0) is 60.8 Å². The molecule has 0 aliphatic heterocycles. The largest absolute Gasteiger partial charge is 0.478 e. The SMILES string of the molecule is C.CC1CCc2cc(C(=O)O)cnc21.CC1CCc2cc(Cl)cnc21. The van der Waals surface area contributed by atoms with E-state index < -0.39 is 5.97 Å². The Morgan fingerprint density at radius 3 is 2.12 bits per heavy atom. The molecule has 2 aliphatic carbocycles. The Bertz CT molecular complexity index is 776. The third kappa shape index (κ3) is 4.18. The number of nitrogens with zero attached hydrogens (tertiary/aromatic N) is 2. The highest BCUT2D eigenvalue weighted by Crippen LogP contribution is 2.32. The average Bonchev–Trinajstić information content (AvgIpc) is 3.11. The number of carboxylic acids is 1. The Kier molecular flexibility index (Phi) is 6.17. The number of carboxylic acid groups (broad SMARTS) is 1. The molecule has 25 heavy (non-hydrogen) atoms. The molecular weight excluding hydrogens is 336 g/mol. The summed E-state index contributed by atoms with van der Waals surface area (Å²) in [4.78, 5) is 19.1. The smallest absolute Gasteiger partial charge is 0.337 e. The fourth-order valence-electron chi connectivity index (χ4n) is 3.44. The lowest BCUT2D eigenvalue weighted by Crippen LogP contribution is -2.00. The standard InChI is InChI=1S/C10H11NO2.C9H10ClN.CH4/c1-6-2-3-7-4-8(10(12)13)5-11-9(6)7;1-6-2-3-7-4-8(10)5-11-9(6)7;/h4-6H,2-3H2,1H3,(H,12,13);4-6H,2-3H2,1H3;1H4. The zero-order valence-electron chi connectivity index (χ0n) is 13.9. The molecule has 2 aromatic rings. The van der Waals surface area contributed by atoms with Crippen LogP contribution in [0.15, 0.2) is 24.5 Å². The molecule has 2 unspecified atom stereocenters. The summed E-state index contributed by atoms with van der Waals surface area (Å²) in [6, 6.07) is 3.78. The van der Waals surface area contributed by atoms with Crippen molar-refractivity contribution >= 4 is 17.6 Å². The average molecular weight is 361 g/mol. The van der Waals surface area contributed by atoms with Gasteiger partial charge in [0.2, 0.25) is 0 Å². The van der Waals surface area contributed by atoms with Crippen molar-refractivity contribution in [3.63, 3.8) is 0 Å². The molecule has 0 saturated heterocycles. The second-order valence-electron chi connectivity index (χ2n) is 6.65. The first kappa shape index (κ1) is 19.4. The van der Waals surface area contributed by atoms with Crippen LogP contribution in [-0.2, 0) is 12.8 Å². The van der Waals surface area contributed by atoms with Gasteiger partial charge in [-0.25, -0.2) is 4.79 Å². The molecule has 2 atom stereocenters. The fraction of sp³-hybridized carbons (Fsp3) is 0.450. The molecule has 2 aromatic heterocycles. The number of fused-ring (bicyclic) bond motifs is 2. The molecule has 134 valence electrons. The summed E-state index contributed by atoms with van der Waals surface area (Å²) >= 11 is 5.81. The summed E-state index contributed by atoms with van der Waals surface area (Å²) < 4.78 is 0. The van der Waals surface area contributed by atoms with Crippen molar-refractivity contribution in [3.8, 4) is 0 Å². The quantitative estimate of drug-likeness (QED) is 0.754. The van der Waals surface area contributed by atoms with Crippen LogP contribution in [0.2, 0.25) is 5.02 Å². The van der Waals surface area contributed by atoms with Crippen LogP contribution < -0.4 is 0 Å². The molecule has 0 bridgehead atoms. The van der Waals surface area contributed by atoms with Crippen molar-refractivity contribution < 1.29 is 9.90 Å². The number of pyridine rings is 2. The third-order valence-electron chi connectivity index (χ3n) is 4.84. The molecule has 2 heterocycles. The van der Waals surface area contributed by atoms with Crippen molar-refractivity contribution in [3.05, 3.63) is 57.6 Å². The number of aromatic nitrogens is 2. The summed E-state index contributed by atoms with van der Waals surface area (Å²) in [5.74, 6) is 0.218. The van der Waals surface area contributed by atoms with Gasteiger partial charge in [-0.1, -0.05) is 32.9 Å². The minimum Gasteiger partial charge on any atom is -0.478 e. The second kappa shape index (κ2) is 7.96. The van der Waals surface area contributed by atoms with E-state index in [1.165, 1.54) is 23.9 Å². The van der Waals surface area contributed by atoms with Gasteiger partial charge in [-0.3, -0.25) is 9.97 Å². The van der Waals surface area contributed by atoms with Crippen molar-refractivity contribution in [2.24, 2.45) is 0 Å². The molecule has 1 N–H and O–H groups in total. The van der Waals surface area contributed by atoms with E-state index in [-0.39, 0.29) is 7.43 Å². The van der Waals surface area contributed by atoms with Crippen molar-refractivity contribution in [2.75, 3.05) is 0 Å². The molecule has 0 amide bonds. The summed E-state index contributed by atoms with van der Waals surface area (Å²) in [7, 11) is 0. The number of hydrogen-bond acceptors (Lipinski definition) is 3. The minimum absolute atomic E-state index is 0. The molecular formula is C20H25ClN2O2. The summed E-state index contributed by atoms with van der Waals surface area (Å²) in [5.41, 5.74) is 5.06. The van der Waals surface area contributed by atoms with E-state index in [0.29, 0.717) is 17.4 Å². The lowest BCUT2D eigenvalue weighted by molar-refractivity contribution is 0.0696. The first-order valence-corrected chi connectivity index (χ1v) is 8.70. The highest BCUT2D eigenvalue weighted by atomic mass is 35.5. The summed E-state index contributed by atoms with van der Waals surface area (Å²) in [6.45, 7) is 4.34. The molecule has 0 aromatic carbocycles. The van der Waals surface area contributed by atoms with E-state index in [4.69, 9.17) is 16.7 Å². The Balaban J connectivity index is 0.000000175. The number of aryl methyl sites for hydroxylation is 2. The lowest BCUT2D eigenvalue weighted by Gasteiger charge is -2.02. The number of carbonyl (C=O) groups is 1. The minimum atomic E-state index is -0.894. The summed E-state index contributed by atoms with van der Waals surface area (Å²) in [5, 5.41) is 9.50. The van der Waals surface area contributed by atoms with Crippen LogP contribution in [0.4, 0.5) is 0 Å². The van der Waals surface area contributed by atoms with Gasteiger partial charge < -0.3 is 5.11 Å². The molecule has 2 aliphatic rings. The lowest BCUT2D eigenvalue weighted by atomic mass is 10.1. The third-order valence-corrected chi connectivity index (χ3v) is 5.05. The van der Waals surface area contributed by atoms with E-state index in [2.05, 4.69) is 23.8 Å². The topological polar surface area (TPSA) is 63.1 Å². The number of aromatic carboxylic acids is 1. The molecule has 4 nitrogen and oxygen atoms in total. The Labute approximate surface area is 154 Å². The van der Waals surface area contributed by atoms with Crippen molar-refractivity contribution in [1.29, 1.82) is 0 Å². The predicted molar refractivity (Wildman–Crippen MR) is 101 cm³/mol. The first-order chi connectivity index (χ1) is 11.5. The first-order valence-electron chi connectivity index (χ1n) is 8.32. The molecule has 5 heteroatoms. The molecule has 0 fully saturated rings. The number of rotatable bonds is 1. The zero-order chi connectivity index (χ0) is 17.3. The summed E-state index contributed by atoms with van der Waals surface area (Å²) in [6.07, 6.45) is 7.61. The van der Waals surface area contributed by atoms with Crippen LogP contribution in [-0.4, -0.2) is 21.0 Å². The van der Waals surface area contributed by atoms with E-state index in [0.717, 1.165) is 35.5 Å². The van der Waals surface area contributed by atoms with Gasteiger partial charge in [0.25, 0.3) is 0 Å². The fourth-order valence-corrected chi connectivity index (χ4v) is 3.62. The normalized spacial score (nSPS) is 20.0. The Morgan fingerprint density at radius 1 is 1.04 bits per heavy atom. The maximum Gasteiger partial charge on any atom is 0.337 e. The monoisotopic (exact) mass is 360 g/mol. The van der Waals surface area contributed by atoms with E-state index in [9.17, 15) is 4.79 Å². The molecule has 4 rings (SSSR count). The highest BCUT2D eigenvalue weighted by molar-refractivity contribution is 6.30. The van der Waals surface area contributed by atoms with Crippen molar-refractivity contribution in [1.82, 2.24) is 9.97 Å². The van der Waals surface area contributed by atoms with E-state index in [1.807, 2.05) is 6.07 Å². The highest BCUT2D eigenvalue weighted by Gasteiger charge is 2.21. The molecule has 0 spiro atoms. The van der Waals surface area contributed by atoms with Gasteiger partial charge in [0.1, 0.15) is 0 Å². The van der Waals surface area contributed by atoms with Gasteiger partial charge >= 0.3 is 5.97 Å². The maximum atomic E-state index is 10.6. The van der Waals surface area contributed by atoms with Crippen LogP contribution in [0.25, 0.3) is 0 Å². The Hall–Kier alpha value is -1.94. The van der Waals surface area contributed by atoms with Gasteiger partial charge in [0.05, 0.1) is 10.6 Å². The van der Waals surface area contributed by atoms with Crippen LogP contribution in [0.5, 0.6) is 0 Å². The van der Waals surface area contributed by atoms with Gasteiger partial charge in [0.15, 0.2) is 0 Å². The second-order valence-corrected chi connectivity index (χ2v) is 7.09. The van der Waals surface area contributed by atoms with Crippen LogP contribution >= 0.6 is 11.6 Å². The maximum absolute atomic E-state index is 10.6. The van der Waals surface area contributed by atoms with Crippen LogP contribution in [0, 0.1) is 0 Å². The van der Waals surface area contributed by atoms with Crippen molar-refractivity contribution in [2.45, 2.75) is 58.8 Å².